The monoisotopic (exact) mass is 318 g/mol. The molecule has 0 radical (unpaired) electrons. The summed E-state index contributed by atoms with van der Waals surface area (Å²) < 4.78 is 47.3. The van der Waals surface area contributed by atoms with Gasteiger partial charge < -0.3 is 10.6 Å². The van der Waals surface area contributed by atoms with Crippen LogP contribution in [0.3, 0.4) is 0 Å². The predicted molar refractivity (Wildman–Crippen MR) is 73.0 cm³/mol. The molecule has 5 nitrogen and oxygen atoms in total. The van der Waals surface area contributed by atoms with Crippen molar-refractivity contribution in [2.24, 2.45) is 0 Å². The molecular weight excluding hydrogens is 302 g/mol. The maximum atomic E-state index is 12.4. The number of carbonyl (C=O) groups is 1. The molecule has 1 fully saturated rings. The van der Waals surface area contributed by atoms with Gasteiger partial charge in [-0.1, -0.05) is 0 Å². The third-order valence-corrected chi connectivity index (χ3v) is 4.71. The minimum Gasteiger partial charge on any atom is -0.348 e. The van der Waals surface area contributed by atoms with Crippen molar-refractivity contribution < 1.29 is 22.0 Å². The van der Waals surface area contributed by atoms with E-state index in [2.05, 4.69) is 10.6 Å². The average molecular weight is 318 g/mol. The number of carbonyl (C=O) groups excluding carboxylic acids is 1. The molecule has 116 valence electrons. The SMILES string of the molecule is O=C(N[C@H]1CCCNC1)c1ccc(S(=O)(=O)C(F)F)cc1. The second-order valence-corrected chi connectivity index (χ2v) is 6.76. The lowest BCUT2D eigenvalue weighted by Crippen LogP contribution is -2.45. The molecule has 0 unspecified atom stereocenters. The van der Waals surface area contributed by atoms with Gasteiger partial charge in [0.2, 0.25) is 9.84 Å². The zero-order chi connectivity index (χ0) is 15.5. The molecule has 2 rings (SSSR count). The van der Waals surface area contributed by atoms with Gasteiger partial charge in [-0.3, -0.25) is 4.79 Å². The van der Waals surface area contributed by atoms with Crippen LogP contribution >= 0.6 is 0 Å². The van der Waals surface area contributed by atoms with Gasteiger partial charge >= 0.3 is 5.76 Å². The molecule has 1 aliphatic rings. The van der Waals surface area contributed by atoms with E-state index in [9.17, 15) is 22.0 Å². The first-order valence-electron chi connectivity index (χ1n) is 6.55. The smallest absolute Gasteiger partial charge is 0.341 e. The number of hydrogen-bond donors (Lipinski definition) is 2. The normalized spacial score (nSPS) is 19.5. The van der Waals surface area contributed by atoms with Crippen LogP contribution < -0.4 is 10.6 Å². The van der Waals surface area contributed by atoms with Crippen LogP contribution in [0.2, 0.25) is 0 Å². The summed E-state index contributed by atoms with van der Waals surface area (Å²) in [6.07, 6.45) is 1.84. The Morgan fingerprint density at radius 3 is 2.48 bits per heavy atom. The number of alkyl halides is 2. The molecule has 1 aromatic rings. The summed E-state index contributed by atoms with van der Waals surface area (Å²) in [6, 6.07) is 4.54. The van der Waals surface area contributed by atoms with Crippen LogP contribution in [-0.2, 0) is 9.84 Å². The number of hydrogen-bond acceptors (Lipinski definition) is 4. The summed E-state index contributed by atoms with van der Waals surface area (Å²) in [7, 11) is -4.62. The number of rotatable bonds is 4. The van der Waals surface area contributed by atoms with Crippen molar-refractivity contribution in [1.29, 1.82) is 0 Å². The van der Waals surface area contributed by atoms with Crippen molar-refractivity contribution in [1.82, 2.24) is 10.6 Å². The van der Waals surface area contributed by atoms with Gasteiger partial charge in [0, 0.05) is 18.2 Å². The Hall–Kier alpha value is -1.54. The van der Waals surface area contributed by atoms with E-state index in [1.807, 2.05) is 0 Å². The number of nitrogens with one attached hydrogen (secondary N) is 2. The number of halogens is 2. The van der Waals surface area contributed by atoms with Crippen LogP contribution in [0.25, 0.3) is 0 Å². The highest BCUT2D eigenvalue weighted by atomic mass is 32.2. The summed E-state index contributed by atoms with van der Waals surface area (Å²) in [5, 5.41) is 5.97. The second-order valence-electron chi connectivity index (χ2n) is 4.85. The van der Waals surface area contributed by atoms with E-state index >= 15 is 0 Å². The van der Waals surface area contributed by atoms with Gasteiger partial charge in [-0.15, -0.1) is 0 Å². The summed E-state index contributed by atoms with van der Waals surface area (Å²) in [4.78, 5) is 11.5. The first-order chi connectivity index (χ1) is 9.91. The molecule has 0 bridgehead atoms. The molecule has 1 amide bonds. The van der Waals surface area contributed by atoms with Crippen molar-refractivity contribution >= 4 is 15.7 Å². The Kier molecular flexibility index (Phi) is 4.89. The largest absolute Gasteiger partial charge is 0.348 e. The van der Waals surface area contributed by atoms with Gasteiger partial charge in [-0.05, 0) is 43.7 Å². The van der Waals surface area contributed by atoms with Crippen LogP contribution in [0.1, 0.15) is 23.2 Å². The number of sulfone groups is 1. The Balaban J connectivity index is 2.06. The second kappa shape index (κ2) is 6.48. The quantitative estimate of drug-likeness (QED) is 0.874. The zero-order valence-corrected chi connectivity index (χ0v) is 12.0. The first kappa shape index (κ1) is 15.8. The van der Waals surface area contributed by atoms with Crippen LogP contribution in [0.5, 0.6) is 0 Å². The van der Waals surface area contributed by atoms with E-state index in [4.69, 9.17) is 0 Å². The minimum atomic E-state index is -4.62. The van der Waals surface area contributed by atoms with Crippen molar-refractivity contribution in [3.63, 3.8) is 0 Å². The summed E-state index contributed by atoms with van der Waals surface area (Å²) in [6.45, 7) is 1.61. The molecule has 1 aliphatic heterocycles. The highest BCUT2D eigenvalue weighted by molar-refractivity contribution is 7.91. The van der Waals surface area contributed by atoms with Crippen molar-refractivity contribution in [3.05, 3.63) is 29.8 Å². The van der Waals surface area contributed by atoms with Crippen molar-refractivity contribution in [2.45, 2.75) is 29.5 Å². The molecule has 0 saturated carbocycles. The summed E-state index contributed by atoms with van der Waals surface area (Å²) >= 11 is 0. The van der Waals surface area contributed by atoms with E-state index in [1.54, 1.807) is 0 Å². The molecule has 2 N–H and O–H groups in total. The number of piperidine rings is 1. The van der Waals surface area contributed by atoms with Gasteiger partial charge in [-0.25, -0.2) is 8.42 Å². The van der Waals surface area contributed by atoms with E-state index in [1.165, 1.54) is 12.1 Å². The molecule has 1 aromatic carbocycles. The molecule has 1 saturated heterocycles. The van der Waals surface area contributed by atoms with Gasteiger partial charge in [0.1, 0.15) is 0 Å². The van der Waals surface area contributed by atoms with Crippen LogP contribution in [-0.4, -0.2) is 39.2 Å². The molecule has 0 aliphatic carbocycles. The predicted octanol–water partition coefficient (Wildman–Crippen LogP) is 1.16. The molecular formula is C13H16F2N2O3S. The summed E-state index contributed by atoms with van der Waals surface area (Å²) in [5.41, 5.74) is 0.244. The van der Waals surface area contributed by atoms with Crippen molar-refractivity contribution in [2.75, 3.05) is 13.1 Å². The maximum absolute atomic E-state index is 12.4. The highest BCUT2D eigenvalue weighted by Crippen LogP contribution is 2.18. The Morgan fingerprint density at radius 2 is 1.95 bits per heavy atom. The van der Waals surface area contributed by atoms with Gasteiger partial charge in [-0.2, -0.15) is 8.78 Å². The summed E-state index contributed by atoms with van der Waals surface area (Å²) in [5.74, 6) is -3.81. The lowest BCUT2D eigenvalue weighted by molar-refractivity contribution is 0.0930. The van der Waals surface area contributed by atoms with E-state index in [0.717, 1.165) is 31.5 Å². The topological polar surface area (TPSA) is 75.3 Å². The molecule has 1 heterocycles. The standard InChI is InChI=1S/C13H16F2N2O3S/c14-13(15)21(19,20)11-5-3-9(4-6-11)12(18)17-10-2-1-7-16-8-10/h3-6,10,13,16H,1-2,7-8H2,(H,17,18)/t10-/m0/s1. The molecule has 1 atom stereocenters. The minimum absolute atomic E-state index is 0.0238. The Bertz CT molecular complexity index is 596. The van der Waals surface area contributed by atoms with Gasteiger partial charge in [0.15, 0.2) is 0 Å². The van der Waals surface area contributed by atoms with Crippen LogP contribution in [0.4, 0.5) is 8.78 Å². The highest BCUT2D eigenvalue weighted by Gasteiger charge is 2.26. The lowest BCUT2D eigenvalue weighted by atomic mass is 10.1. The zero-order valence-electron chi connectivity index (χ0n) is 11.2. The fraction of sp³-hybridized carbons (Fsp3) is 0.462. The lowest BCUT2D eigenvalue weighted by Gasteiger charge is -2.23. The number of benzene rings is 1. The fourth-order valence-electron chi connectivity index (χ4n) is 2.14. The van der Waals surface area contributed by atoms with E-state index in [0.29, 0.717) is 6.54 Å². The fourth-order valence-corrected chi connectivity index (χ4v) is 2.86. The third-order valence-electron chi connectivity index (χ3n) is 3.31. The Morgan fingerprint density at radius 1 is 1.29 bits per heavy atom. The van der Waals surface area contributed by atoms with E-state index < -0.39 is 20.5 Å². The maximum Gasteiger partial charge on any atom is 0.341 e. The third kappa shape index (κ3) is 3.76. The molecule has 21 heavy (non-hydrogen) atoms. The first-order valence-corrected chi connectivity index (χ1v) is 8.09. The van der Waals surface area contributed by atoms with Crippen molar-refractivity contribution in [3.8, 4) is 0 Å². The van der Waals surface area contributed by atoms with Crippen LogP contribution in [0, 0.1) is 0 Å². The van der Waals surface area contributed by atoms with Gasteiger partial charge in [0.25, 0.3) is 5.91 Å². The molecule has 8 heteroatoms. The average Bonchev–Trinajstić information content (AvgIpc) is 2.48. The number of amides is 1. The van der Waals surface area contributed by atoms with Gasteiger partial charge in [0.05, 0.1) is 4.90 Å². The molecule has 0 spiro atoms. The Labute approximate surface area is 121 Å². The van der Waals surface area contributed by atoms with E-state index in [-0.39, 0.29) is 17.5 Å². The molecule has 0 aromatic heterocycles. The van der Waals surface area contributed by atoms with Crippen LogP contribution in [0.15, 0.2) is 29.2 Å².